The summed E-state index contributed by atoms with van der Waals surface area (Å²) in [6.45, 7) is 2.52. The minimum Gasteiger partial charge on any atom is -0.463 e. The Bertz CT molecular complexity index is 1660. The standard InChI is InChI=1S/C30H32N8O8S/c1-17(39)44-14-24-28(45-18(2)40)26(35-36-31)29(42-3)30(46-24)47-25-15-43-13-23(27(25)41)38-12-22(34-37-38)21-6-4-5-19(9-21)7-8-20-10-32-16-33-11-20/h4-6,9-12,16,23-30,41H,13-15H2,1-3H3. The third kappa shape index (κ3) is 8.43. The Balaban J connectivity index is 1.32. The number of nitrogens with zero attached hydrogens (tertiary/aromatic N) is 8. The van der Waals surface area contributed by atoms with Gasteiger partial charge in [0.2, 0.25) is 0 Å². The first kappa shape index (κ1) is 33.8. The van der Waals surface area contributed by atoms with Crippen LogP contribution < -0.4 is 0 Å². The van der Waals surface area contributed by atoms with Gasteiger partial charge in [0.1, 0.15) is 54.5 Å². The first-order valence-electron chi connectivity index (χ1n) is 14.5. The van der Waals surface area contributed by atoms with E-state index in [1.807, 2.05) is 24.3 Å². The fourth-order valence-corrected chi connectivity index (χ4v) is 6.72. The van der Waals surface area contributed by atoms with E-state index in [1.54, 1.807) is 23.3 Å². The van der Waals surface area contributed by atoms with Gasteiger partial charge in [-0.1, -0.05) is 34.3 Å². The fourth-order valence-electron chi connectivity index (χ4n) is 5.23. The molecule has 8 unspecified atom stereocenters. The molecule has 2 saturated heterocycles. The van der Waals surface area contributed by atoms with Crippen LogP contribution in [0.1, 0.15) is 31.0 Å². The highest BCUT2D eigenvalue weighted by atomic mass is 32.2. The van der Waals surface area contributed by atoms with Gasteiger partial charge in [-0.25, -0.2) is 14.6 Å². The molecule has 16 nitrogen and oxygen atoms in total. The fraction of sp³-hybridized carbons (Fsp3) is 0.467. The number of ether oxygens (including phenoxy) is 5. The van der Waals surface area contributed by atoms with Crippen molar-refractivity contribution in [2.75, 3.05) is 26.9 Å². The van der Waals surface area contributed by atoms with Crippen LogP contribution in [-0.4, -0.2) is 110 Å². The van der Waals surface area contributed by atoms with Gasteiger partial charge >= 0.3 is 11.9 Å². The lowest BCUT2D eigenvalue weighted by Gasteiger charge is -2.45. The number of hydrogen-bond acceptors (Lipinski definition) is 14. The van der Waals surface area contributed by atoms with Crippen LogP contribution in [0.2, 0.25) is 0 Å². The van der Waals surface area contributed by atoms with Gasteiger partial charge in [0.25, 0.3) is 0 Å². The van der Waals surface area contributed by atoms with Gasteiger partial charge in [0, 0.05) is 49.4 Å². The molecule has 2 aliphatic heterocycles. The normalized spacial score (nSPS) is 27.1. The Morgan fingerprint density at radius 1 is 1.17 bits per heavy atom. The molecule has 0 aliphatic carbocycles. The number of carbonyl (C=O) groups excluding carboxylic acids is 2. The summed E-state index contributed by atoms with van der Waals surface area (Å²) in [7, 11) is 1.41. The molecular formula is C30H32N8O8S. The summed E-state index contributed by atoms with van der Waals surface area (Å²) in [6.07, 6.45) is 2.52. The Labute approximate surface area is 273 Å². The zero-order valence-electron chi connectivity index (χ0n) is 25.6. The van der Waals surface area contributed by atoms with Crippen molar-refractivity contribution in [2.45, 2.75) is 61.0 Å². The maximum absolute atomic E-state index is 11.9. The van der Waals surface area contributed by atoms with Crippen LogP contribution in [-0.2, 0) is 33.3 Å². The van der Waals surface area contributed by atoms with Crippen molar-refractivity contribution in [1.82, 2.24) is 25.0 Å². The molecule has 1 aromatic carbocycles. The average molecular weight is 665 g/mol. The van der Waals surface area contributed by atoms with Gasteiger partial charge < -0.3 is 28.8 Å². The highest BCUT2D eigenvalue weighted by Gasteiger charge is 2.50. The summed E-state index contributed by atoms with van der Waals surface area (Å²) in [5, 5.41) is 23.4. The van der Waals surface area contributed by atoms with Gasteiger partial charge in [-0.05, 0) is 17.7 Å². The quantitative estimate of drug-likeness (QED) is 0.114. The molecule has 2 aliphatic rings. The number of carbonyl (C=O) groups is 2. The Morgan fingerprint density at radius 2 is 1.96 bits per heavy atom. The van der Waals surface area contributed by atoms with Crippen LogP contribution in [0.5, 0.6) is 0 Å². The van der Waals surface area contributed by atoms with E-state index < -0.39 is 59.1 Å². The number of aliphatic hydroxyl groups excluding tert-OH is 1. The molecule has 5 rings (SSSR count). The van der Waals surface area contributed by atoms with Gasteiger partial charge in [0.05, 0.1) is 36.3 Å². The molecule has 8 atom stereocenters. The zero-order chi connectivity index (χ0) is 33.3. The summed E-state index contributed by atoms with van der Waals surface area (Å²) >= 11 is 1.21. The lowest BCUT2D eigenvalue weighted by molar-refractivity contribution is -0.196. The molecule has 246 valence electrons. The molecule has 0 bridgehead atoms. The van der Waals surface area contributed by atoms with Crippen LogP contribution >= 0.6 is 11.8 Å². The maximum atomic E-state index is 11.9. The van der Waals surface area contributed by atoms with Crippen LogP contribution in [0.4, 0.5) is 0 Å². The molecule has 0 radical (unpaired) electrons. The monoisotopic (exact) mass is 664 g/mol. The van der Waals surface area contributed by atoms with Gasteiger partial charge in [0.15, 0.2) is 0 Å². The third-order valence-corrected chi connectivity index (χ3v) is 8.81. The molecule has 2 fully saturated rings. The van der Waals surface area contributed by atoms with Crippen LogP contribution in [0.3, 0.4) is 0 Å². The second-order valence-electron chi connectivity index (χ2n) is 10.6. The number of hydrogen-bond donors (Lipinski definition) is 1. The summed E-state index contributed by atoms with van der Waals surface area (Å²) in [6, 6.07) is 5.91. The topological polar surface area (TPSA) is 206 Å². The molecular weight excluding hydrogens is 632 g/mol. The summed E-state index contributed by atoms with van der Waals surface area (Å²) in [4.78, 5) is 34.4. The number of benzene rings is 1. The van der Waals surface area contributed by atoms with E-state index in [-0.39, 0.29) is 19.8 Å². The molecule has 17 heteroatoms. The van der Waals surface area contributed by atoms with Gasteiger partial charge in [-0.15, -0.1) is 16.9 Å². The Morgan fingerprint density at radius 3 is 2.68 bits per heavy atom. The molecule has 1 N–H and O–H groups in total. The molecule has 4 heterocycles. The molecule has 0 saturated carbocycles. The van der Waals surface area contributed by atoms with Crippen LogP contribution in [0, 0.1) is 11.8 Å². The third-order valence-electron chi connectivity index (χ3n) is 7.40. The van der Waals surface area contributed by atoms with E-state index in [1.165, 1.54) is 39.0 Å². The summed E-state index contributed by atoms with van der Waals surface area (Å²) < 4.78 is 29.9. The molecule has 0 spiro atoms. The van der Waals surface area contributed by atoms with Crippen molar-refractivity contribution in [3.63, 3.8) is 0 Å². The SMILES string of the molecule is COC1C(SC2COCC(n3cc(-c4cccc(C#Cc5cncnc5)c4)nn3)C2O)OC(COC(C)=O)C(OC(C)=O)C1N=[N+]=[N-]. The smallest absolute Gasteiger partial charge is 0.303 e. The first-order valence-corrected chi connectivity index (χ1v) is 15.4. The zero-order valence-corrected chi connectivity index (χ0v) is 26.5. The number of esters is 2. The number of methoxy groups -OCH3 is 1. The molecule has 3 aromatic rings. The van der Waals surface area contributed by atoms with Crippen molar-refractivity contribution in [2.24, 2.45) is 5.11 Å². The van der Waals surface area contributed by atoms with E-state index in [0.29, 0.717) is 11.3 Å². The van der Waals surface area contributed by atoms with Crippen molar-refractivity contribution in [1.29, 1.82) is 0 Å². The van der Waals surface area contributed by atoms with Crippen molar-refractivity contribution >= 4 is 23.7 Å². The lowest BCUT2D eigenvalue weighted by Crippen LogP contribution is -2.59. The number of rotatable bonds is 9. The Hall–Kier alpha value is -4.56. The van der Waals surface area contributed by atoms with Crippen LogP contribution in [0.25, 0.3) is 21.7 Å². The minimum absolute atomic E-state index is 0.168. The average Bonchev–Trinajstić information content (AvgIpc) is 3.56. The largest absolute Gasteiger partial charge is 0.463 e. The Kier molecular flexibility index (Phi) is 11.4. The predicted octanol–water partition coefficient (Wildman–Crippen LogP) is 2.08. The number of aromatic nitrogens is 5. The van der Waals surface area contributed by atoms with Crippen molar-refractivity contribution in [3.8, 4) is 23.1 Å². The predicted molar refractivity (Wildman–Crippen MR) is 165 cm³/mol. The summed E-state index contributed by atoms with van der Waals surface area (Å²) in [5.41, 5.74) is 11.3. The molecule has 2 aromatic heterocycles. The first-order chi connectivity index (χ1) is 22.8. The lowest BCUT2D eigenvalue weighted by atomic mass is 9.97. The van der Waals surface area contributed by atoms with E-state index in [2.05, 4.69) is 42.1 Å². The minimum atomic E-state index is -1.09. The maximum Gasteiger partial charge on any atom is 0.303 e. The molecule has 0 amide bonds. The highest BCUT2D eigenvalue weighted by molar-refractivity contribution is 8.00. The second-order valence-corrected chi connectivity index (χ2v) is 12.0. The van der Waals surface area contributed by atoms with Gasteiger partial charge in [-0.2, -0.15) is 0 Å². The van der Waals surface area contributed by atoms with E-state index in [4.69, 9.17) is 23.7 Å². The van der Waals surface area contributed by atoms with Gasteiger partial charge in [-0.3, -0.25) is 9.59 Å². The number of azide groups is 1. The van der Waals surface area contributed by atoms with E-state index >= 15 is 0 Å². The second kappa shape index (κ2) is 15.8. The van der Waals surface area contributed by atoms with E-state index in [0.717, 1.165) is 11.1 Å². The van der Waals surface area contributed by atoms with Crippen molar-refractivity contribution < 1.29 is 38.4 Å². The number of aliphatic hydroxyl groups is 1. The summed E-state index contributed by atoms with van der Waals surface area (Å²) in [5.74, 6) is 4.92. The highest BCUT2D eigenvalue weighted by Crippen LogP contribution is 2.39. The van der Waals surface area contributed by atoms with Crippen LogP contribution in [0.15, 0.2) is 54.3 Å². The number of thioether (sulfide) groups is 1. The van der Waals surface area contributed by atoms with E-state index in [9.17, 15) is 20.2 Å². The molecule has 47 heavy (non-hydrogen) atoms. The van der Waals surface area contributed by atoms with Crippen molar-refractivity contribution in [3.05, 3.63) is 70.8 Å².